The van der Waals surface area contributed by atoms with Crippen molar-refractivity contribution in [2.45, 2.75) is 19.9 Å². The lowest BCUT2D eigenvalue weighted by molar-refractivity contribution is 0.567. The van der Waals surface area contributed by atoms with Crippen LogP contribution in [0.4, 0.5) is 0 Å². The number of hydrogen-bond donors (Lipinski definition) is 1. The Balaban J connectivity index is 2.48. The number of rotatable bonds is 3. The molecule has 0 bridgehead atoms. The average molecular weight is 242 g/mol. The van der Waals surface area contributed by atoms with Crippen molar-refractivity contribution >= 4 is 18.7 Å². The van der Waals surface area contributed by atoms with Crippen LogP contribution in [0.15, 0.2) is 54.6 Å². The molecule has 2 aromatic carbocycles. The Morgan fingerprint density at radius 1 is 0.882 bits per heavy atom. The molecule has 1 nitrogen and oxygen atoms in total. The molecule has 88 valence electrons. The van der Waals surface area contributed by atoms with E-state index in [2.05, 4.69) is 38.1 Å². The standard InChI is InChI=1S/C15H18OSi/c1-3-17(16,14-7-5-4-6-8-14)15-11-9-13(2)10-12-15/h4-12,16H,3H2,1-2H3. The monoisotopic (exact) mass is 242 g/mol. The SMILES string of the molecule is CC[Si](O)(c1ccccc1)c1ccc(C)cc1. The fraction of sp³-hybridized carbons (Fsp3) is 0.200. The van der Waals surface area contributed by atoms with E-state index in [1.165, 1.54) is 5.56 Å². The van der Waals surface area contributed by atoms with Gasteiger partial charge < -0.3 is 4.80 Å². The predicted molar refractivity (Wildman–Crippen MR) is 75.3 cm³/mol. The van der Waals surface area contributed by atoms with Crippen molar-refractivity contribution in [3.05, 3.63) is 60.2 Å². The van der Waals surface area contributed by atoms with E-state index in [4.69, 9.17) is 0 Å². The molecule has 0 radical (unpaired) electrons. The maximum atomic E-state index is 11.0. The average Bonchev–Trinajstić information content (AvgIpc) is 2.40. The van der Waals surface area contributed by atoms with E-state index in [0.717, 1.165) is 16.4 Å². The van der Waals surface area contributed by atoms with Gasteiger partial charge in [-0.05, 0) is 23.3 Å². The van der Waals surface area contributed by atoms with Gasteiger partial charge in [-0.2, -0.15) is 0 Å². The molecule has 0 aromatic heterocycles. The highest BCUT2D eigenvalue weighted by Gasteiger charge is 2.33. The van der Waals surface area contributed by atoms with Gasteiger partial charge in [-0.1, -0.05) is 67.1 Å². The van der Waals surface area contributed by atoms with Crippen molar-refractivity contribution in [1.29, 1.82) is 0 Å². The van der Waals surface area contributed by atoms with Crippen molar-refractivity contribution in [2.75, 3.05) is 0 Å². The van der Waals surface area contributed by atoms with Crippen LogP contribution in [0.3, 0.4) is 0 Å². The summed E-state index contributed by atoms with van der Waals surface area (Å²) in [6, 6.07) is 19.1. The van der Waals surface area contributed by atoms with Crippen LogP contribution in [-0.2, 0) is 0 Å². The van der Waals surface area contributed by atoms with E-state index >= 15 is 0 Å². The first-order chi connectivity index (χ1) is 8.16. The highest BCUT2D eigenvalue weighted by molar-refractivity contribution is 6.96. The molecule has 1 unspecified atom stereocenters. The summed E-state index contributed by atoms with van der Waals surface area (Å²) in [6.07, 6.45) is 0. The molecule has 0 spiro atoms. The van der Waals surface area contributed by atoms with Crippen LogP contribution in [0.25, 0.3) is 0 Å². The fourth-order valence-electron chi connectivity index (χ4n) is 2.12. The summed E-state index contributed by atoms with van der Waals surface area (Å²) in [7, 11) is -2.50. The molecule has 17 heavy (non-hydrogen) atoms. The van der Waals surface area contributed by atoms with Gasteiger partial charge in [-0.3, -0.25) is 0 Å². The second-order valence-corrected chi connectivity index (χ2v) is 8.03. The zero-order valence-corrected chi connectivity index (χ0v) is 11.4. The van der Waals surface area contributed by atoms with Crippen LogP contribution in [0.5, 0.6) is 0 Å². The molecule has 0 amide bonds. The summed E-state index contributed by atoms with van der Waals surface area (Å²) in [4.78, 5) is 11.0. The Hall–Kier alpha value is -1.38. The molecule has 2 aromatic rings. The molecular formula is C15H18OSi. The lowest BCUT2D eigenvalue weighted by Crippen LogP contribution is -2.58. The summed E-state index contributed by atoms with van der Waals surface area (Å²) in [6.45, 7) is 4.14. The Kier molecular flexibility index (Phi) is 3.45. The third kappa shape index (κ3) is 2.33. The maximum Gasteiger partial charge on any atom is 0.252 e. The molecule has 0 saturated heterocycles. The first-order valence-electron chi connectivity index (χ1n) is 6.02. The topological polar surface area (TPSA) is 20.2 Å². The second-order valence-electron chi connectivity index (χ2n) is 4.45. The molecule has 2 rings (SSSR count). The lowest BCUT2D eigenvalue weighted by atomic mass is 10.2. The van der Waals surface area contributed by atoms with Crippen LogP contribution in [-0.4, -0.2) is 13.1 Å². The molecule has 1 N–H and O–H groups in total. The minimum Gasteiger partial charge on any atom is -0.424 e. The summed E-state index contributed by atoms with van der Waals surface area (Å²) in [5.41, 5.74) is 1.23. The smallest absolute Gasteiger partial charge is 0.252 e. The largest absolute Gasteiger partial charge is 0.424 e. The molecule has 0 aliphatic rings. The van der Waals surface area contributed by atoms with Crippen LogP contribution < -0.4 is 10.4 Å². The van der Waals surface area contributed by atoms with Crippen LogP contribution in [0.2, 0.25) is 6.04 Å². The maximum absolute atomic E-state index is 11.0. The zero-order chi connectivity index (χ0) is 12.3. The highest BCUT2D eigenvalue weighted by atomic mass is 28.4. The number of aryl methyl sites for hydroxylation is 1. The van der Waals surface area contributed by atoms with Gasteiger partial charge in [0.1, 0.15) is 0 Å². The van der Waals surface area contributed by atoms with E-state index in [-0.39, 0.29) is 0 Å². The Labute approximate surface area is 104 Å². The minimum absolute atomic E-state index is 0.806. The second kappa shape index (κ2) is 4.86. The molecular weight excluding hydrogens is 224 g/mol. The van der Waals surface area contributed by atoms with E-state index in [1.54, 1.807) is 0 Å². The minimum atomic E-state index is -2.50. The van der Waals surface area contributed by atoms with Crippen molar-refractivity contribution in [3.63, 3.8) is 0 Å². The number of benzene rings is 2. The fourth-order valence-corrected chi connectivity index (χ4v) is 4.73. The summed E-state index contributed by atoms with van der Waals surface area (Å²) < 4.78 is 0. The lowest BCUT2D eigenvalue weighted by Gasteiger charge is -2.24. The molecule has 1 atom stereocenters. The first-order valence-corrected chi connectivity index (χ1v) is 8.17. The van der Waals surface area contributed by atoms with Crippen molar-refractivity contribution < 1.29 is 4.80 Å². The van der Waals surface area contributed by atoms with Crippen molar-refractivity contribution in [1.82, 2.24) is 0 Å². The van der Waals surface area contributed by atoms with Gasteiger partial charge in [-0.15, -0.1) is 0 Å². The highest BCUT2D eigenvalue weighted by Crippen LogP contribution is 2.08. The Morgan fingerprint density at radius 2 is 1.41 bits per heavy atom. The van der Waals surface area contributed by atoms with E-state index in [9.17, 15) is 4.80 Å². The third-order valence-electron chi connectivity index (χ3n) is 3.29. The van der Waals surface area contributed by atoms with Gasteiger partial charge in [0, 0.05) is 0 Å². The quantitative estimate of drug-likeness (QED) is 0.817. The Bertz CT molecular complexity index is 478. The van der Waals surface area contributed by atoms with Crippen molar-refractivity contribution in [3.8, 4) is 0 Å². The van der Waals surface area contributed by atoms with E-state index < -0.39 is 8.32 Å². The van der Waals surface area contributed by atoms with Gasteiger partial charge in [-0.25, -0.2) is 0 Å². The third-order valence-corrected chi connectivity index (χ3v) is 6.89. The van der Waals surface area contributed by atoms with Gasteiger partial charge in [0.05, 0.1) is 0 Å². The van der Waals surface area contributed by atoms with Crippen LogP contribution >= 0.6 is 0 Å². The Morgan fingerprint density at radius 3 is 1.94 bits per heavy atom. The molecule has 0 aliphatic carbocycles. The van der Waals surface area contributed by atoms with Crippen molar-refractivity contribution in [2.24, 2.45) is 0 Å². The normalized spacial score (nSPS) is 14.3. The van der Waals surface area contributed by atoms with E-state index in [1.807, 2.05) is 30.3 Å². The summed E-state index contributed by atoms with van der Waals surface area (Å²) in [5.74, 6) is 0. The van der Waals surface area contributed by atoms with E-state index in [0.29, 0.717) is 0 Å². The van der Waals surface area contributed by atoms with Gasteiger partial charge in [0.25, 0.3) is 8.32 Å². The molecule has 0 heterocycles. The molecule has 0 saturated carbocycles. The zero-order valence-electron chi connectivity index (χ0n) is 10.4. The first kappa shape index (κ1) is 12.1. The van der Waals surface area contributed by atoms with Gasteiger partial charge in [0.15, 0.2) is 0 Å². The van der Waals surface area contributed by atoms with Crippen LogP contribution in [0.1, 0.15) is 12.5 Å². The predicted octanol–water partition coefficient (Wildman–Crippen LogP) is 2.07. The molecule has 0 aliphatic heterocycles. The summed E-state index contributed by atoms with van der Waals surface area (Å²) >= 11 is 0. The summed E-state index contributed by atoms with van der Waals surface area (Å²) in [5, 5.41) is 2.18. The van der Waals surface area contributed by atoms with Gasteiger partial charge in [0.2, 0.25) is 0 Å². The van der Waals surface area contributed by atoms with Gasteiger partial charge >= 0.3 is 0 Å². The molecule has 2 heteroatoms. The number of hydrogen-bond acceptors (Lipinski definition) is 1. The molecule has 0 fully saturated rings. The van der Waals surface area contributed by atoms with Crippen LogP contribution in [0, 0.1) is 6.92 Å².